The van der Waals surface area contributed by atoms with Gasteiger partial charge in [-0.1, -0.05) is 11.2 Å². The second-order valence-electron chi connectivity index (χ2n) is 4.60. The molecule has 4 atom stereocenters. The number of nitrogens with zero attached hydrogens (tertiary/aromatic N) is 3. The average Bonchev–Trinajstić information content (AvgIpc) is 2.77. The van der Waals surface area contributed by atoms with Crippen LogP contribution in [0, 0.1) is 5.92 Å². The lowest BCUT2D eigenvalue weighted by atomic mass is 9.92. The molecule has 0 aromatic rings. The van der Waals surface area contributed by atoms with E-state index in [1.807, 2.05) is 0 Å². The highest BCUT2D eigenvalue weighted by atomic mass is 16.5. The fourth-order valence-corrected chi connectivity index (χ4v) is 2.34. The molecule has 2 aliphatic rings. The summed E-state index contributed by atoms with van der Waals surface area (Å²) in [5, 5.41) is 15.0. The number of carbonyl (C=O) groups is 2. The van der Waals surface area contributed by atoms with Crippen LogP contribution in [0.25, 0.3) is 10.4 Å². The van der Waals surface area contributed by atoms with Gasteiger partial charge in [-0.15, -0.1) is 0 Å². The van der Waals surface area contributed by atoms with Crippen molar-refractivity contribution in [1.29, 1.82) is 0 Å². The third-order valence-corrected chi connectivity index (χ3v) is 3.36. The number of hydrogen-bond donors (Lipinski definition) is 2. The van der Waals surface area contributed by atoms with E-state index in [1.165, 1.54) is 0 Å². The Morgan fingerprint density at radius 3 is 3.00 bits per heavy atom. The Labute approximate surface area is 109 Å². The van der Waals surface area contributed by atoms with Gasteiger partial charge in [-0.2, -0.15) is 0 Å². The molecule has 2 heterocycles. The molecule has 0 aliphatic carbocycles. The van der Waals surface area contributed by atoms with Gasteiger partial charge >= 0.3 is 0 Å². The third kappa shape index (κ3) is 2.60. The highest BCUT2D eigenvalue weighted by molar-refractivity contribution is 6.08. The van der Waals surface area contributed by atoms with Crippen LogP contribution in [0.15, 0.2) is 16.8 Å². The van der Waals surface area contributed by atoms with E-state index in [2.05, 4.69) is 15.3 Å². The topological polar surface area (TPSA) is 124 Å². The molecule has 2 N–H and O–H groups in total. The van der Waals surface area contributed by atoms with Crippen LogP contribution in [0.3, 0.4) is 0 Å². The van der Waals surface area contributed by atoms with Gasteiger partial charge in [0, 0.05) is 10.5 Å². The Morgan fingerprint density at radius 2 is 2.37 bits per heavy atom. The monoisotopic (exact) mass is 266 g/mol. The van der Waals surface area contributed by atoms with E-state index in [4.69, 9.17) is 15.4 Å². The standard InChI is InChI=1S/C11H14N4O4/c1-5-2-6(11(18)13-10(5)17)8-3-7(14-15-12)9(4-16)19-8/h2,6-9,16H,3-4H2,1H3,(H,13,17,18)/t6?,7-,8+,9+/m0/s1. The second-order valence-corrected chi connectivity index (χ2v) is 4.60. The van der Waals surface area contributed by atoms with Crippen LogP contribution in [0.4, 0.5) is 0 Å². The normalized spacial score (nSPS) is 34.5. The maximum absolute atomic E-state index is 11.8. The molecule has 2 rings (SSSR count). The summed E-state index contributed by atoms with van der Waals surface area (Å²) in [6.45, 7) is 1.33. The largest absolute Gasteiger partial charge is 0.394 e. The molecule has 0 radical (unpaired) electrons. The second kappa shape index (κ2) is 5.40. The van der Waals surface area contributed by atoms with Gasteiger partial charge in [0.05, 0.1) is 30.8 Å². The highest BCUT2D eigenvalue weighted by Gasteiger charge is 2.42. The maximum Gasteiger partial charge on any atom is 0.253 e. The van der Waals surface area contributed by atoms with Gasteiger partial charge in [-0.3, -0.25) is 14.9 Å². The summed E-state index contributed by atoms with van der Waals surface area (Å²) >= 11 is 0. The number of nitrogens with one attached hydrogen (secondary N) is 1. The number of aliphatic hydroxyl groups excluding tert-OH is 1. The molecule has 0 saturated carbocycles. The van der Waals surface area contributed by atoms with E-state index in [1.54, 1.807) is 13.0 Å². The van der Waals surface area contributed by atoms with Crippen molar-refractivity contribution in [2.45, 2.75) is 31.6 Å². The Hall–Kier alpha value is -1.89. The SMILES string of the molecule is CC1=CC([C@H]2C[C@H](N=[N+]=[N-])[C@@H](CO)O2)C(=O)NC1=O. The Kier molecular flexibility index (Phi) is 3.84. The lowest BCUT2D eigenvalue weighted by Gasteiger charge is -2.23. The lowest BCUT2D eigenvalue weighted by molar-refractivity contribution is -0.134. The van der Waals surface area contributed by atoms with Crippen LogP contribution in [-0.2, 0) is 14.3 Å². The first-order chi connectivity index (χ1) is 9.06. The summed E-state index contributed by atoms with van der Waals surface area (Å²) in [6, 6.07) is -0.501. The minimum Gasteiger partial charge on any atom is -0.394 e. The molecule has 0 aromatic carbocycles. The average molecular weight is 266 g/mol. The molecule has 1 fully saturated rings. The van der Waals surface area contributed by atoms with Crippen molar-refractivity contribution < 1.29 is 19.4 Å². The Bertz CT molecular complexity index is 483. The van der Waals surface area contributed by atoms with Gasteiger partial charge in [0.2, 0.25) is 5.91 Å². The minimum absolute atomic E-state index is 0.282. The van der Waals surface area contributed by atoms with Gasteiger partial charge in [0.1, 0.15) is 0 Å². The highest BCUT2D eigenvalue weighted by Crippen LogP contribution is 2.30. The molecular formula is C11H14N4O4. The molecule has 2 amide bonds. The molecule has 102 valence electrons. The van der Waals surface area contributed by atoms with Crippen molar-refractivity contribution in [2.24, 2.45) is 11.0 Å². The first kappa shape index (κ1) is 13.5. The number of azide groups is 1. The van der Waals surface area contributed by atoms with Crippen molar-refractivity contribution >= 4 is 11.8 Å². The molecule has 0 aromatic heterocycles. The summed E-state index contributed by atoms with van der Waals surface area (Å²) in [6.07, 6.45) is 0.778. The lowest BCUT2D eigenvalue weighted by Crippen LogP contribution is -2.44. The van der Waals surface area contributed by atoms with Gasteiger partial charge in [-0.25, -0.2) is 0 Å². The Morgan fingerprint density at radius 1 is 1.63 bits per heavy atom. The van der Waals surface area contributed by atoms with Crippen LogP contribution in [0.2, 0.25) is 0 Å². The zero-order chi connectivity index (χ0) is 14.0. The third-order valence-electron chi connectivity index (χ3n) is 3.36. The number of hydrogen-bond acceptors (Lipinski definition) is 5. The summed E-state index contributed by atoms with van der Waals surface area (Å²) in [5.74, 6) is -1.45. The molecule has 19 heavy (non-hydrogen) atoms. The van der Waals surface area contributed by atoms with Crippen LogP contribution < -0.4 is 5.32 Å². The number of aliphatic hydroxyl groups is 1. The first-order valence-electron chi connectivity index (χ1n) is 5.91. The maximum atomic E-state index is 11.8. The van der Waals surface area contributed by atoms with E-state index in [9.17, 15) is 9.59 Å². The zero-order valence-electron chi connectivity index (χ0n) is 10.3. The van der Waals surface area contributed by atoms with E-state index >= 15 is 0 Å². The van der Waals surface area contributed by atoms with Gasteiger partial charge in [0.15, 0.2) is 0 Å². The van der Waals surface area contributed by atoms with Crippen LogP contribution >= 0.6 is 0 Å². The van der Waals surface area contributed by atoms with Gasteiger partial charge in [-0.05, 0) is 18.9 Å². The molecule has 8 nitrogen and oxygen atoms in total. The summed E-state index contributed by atoms with van der Waals surface area (Å²) in [4.78, 5) is 25.8. The van der Waals surface area contributed by atoms with Crippen LogP contribution in [-0.4, -0.2) is 41.8 Å². The predicted octanol–water partition coefficient (Wildman–Crippen LogP) is 0.0340. The molecule has 2 aliphatic heterocycles. The van der Waals surface area contributed by atoms with E-state index in [0.29, 0.717) is 12.0 Å². The van der Waals surface area contributed by atoms with Gasteiger partial charge in [0.25, 0.3) is 5.91 Å². The predicted molar refractivity (Wildman–Crippen MR) is 63.7 cm³/mol. The minimum atomic E-state index is -0.611. The molecule has 1 unspecified atom stereocenters. The summed E-state index contributed by atoms with van der Waals surface area (Å²) < 4.78 is 5.54. The molecule has 1 saturated heterocycles. The summed E-state index contributed by atoms with van der Waals surface area (Å²) in [5.41, 5.74) is 8.90. The van der Waals surface area contributed by atoms with Crippen molar-refractivity contribution in [1.82, 2.24) is 5.32 Å². The molecule has 0 spiro atoms. The Balaban J connectivity index is 2.17. The van der Waals surface area contributed by atoms with Crippen molar-refractivity contribution in [3.05, 3.63) is 22.1 Å². The molecule has 0 bridgehead atoms. The smallest absolute Gasteiger partial charge is 0.253 e. The van der Waals surface area contributed by atoms with E-state index in [0.717, 1.165) is 0 Å². The molecule has 8 heteroatoms. The quantitative estimate of drug-likeness (QED) is 0.323. The zero-order valence-corrected chi connectivity index (χ0v) is 10.3. The fraction of sp³-hybridized carbons (Fsp3) is 0.636. The van der Waals surface area contributed by atoms with Gasteiger partial charge < -0.3 is 9.84 Å². The summed E-state index contributed by atoms with van der Waals surface area (Å²) in [7, 11) is 0. The van der Waals surface area contributed by atoms with Crippen molar-refractivity contribution in [3.8, 4) is 0 Å². The number of amides is 2. The van der Waals surface area contributed by atoms with Crippen LogP contribution in [0.1, 0.15) is 13.3 Å². The van der Waals surface area contributed by atoms with Crippen molar-refractivity contribution in [3.63, 3.8) is 0 Å². The number of ether oxygens (including phenoxy) is 1. The fourth-order valence-electron chi connectivity index (χ4n) is 2.34. The molecular weight excluding hydrogens is 252 g/mol. The number of rotatable bonds is 3. The number of carbonyl (C=O) groups excluding carboxylic acids is 2. The van der Waals surface area contributed by atoms with Crippen molar-refractivity contribution in [2.75, 3.05) is 6.61 Å². The number of imide groups is 1. The first-order valence-corrected chi connectivity index (χ1v) is 5.91. The van der Waals surface area contributed by atoms with E-state index in [-0.39, 0.29) is 6.61 Å². The van der Waals surface area contributed by atoms with Crippen LogP contribution in [0.5, 0.6) is 0 Å². The van der Waals surface area contributed by atoms with E-state index < -0.39 is 36.0 Å².